The first kappa shape index (κ1) is 9.51. The smallest absolute Gasteiger partial charge is 0.00151 e. The molecule has 1 heteroatoms. The molecule has 76 valence electrons. The molecular weight excluding hydrogens is 158 g/mol. The zero-order valence-electron chi connectivity index (χ0n) is 8.94. The molecule has 2 aliphatic carbocycles. The van der Waals surface area contributed by atoms with Crippen molar-refractivity contribution in [3.05, 3.63) is 0 Å². The second kappa shape index (κ2) is 4.00. The van der Waals surface area contributed by atoms with Gasteiger partial charge in [-0.1, -0.05) is 32.6 Å². The van der Waals surface area contributed by atoms with Crippen LogP contribution >= 0.6 is 0 Å². The lowest BCUT2D eigenvalue weighted by molar-refractivity contribution is 0.386. The molecule has 1 unspecified atom stereocenters. The molecule has 1 nitrogen and oxygen atoms in total. The predicted molar refractivity (Wildman–Crippen MR) is 56.8 cm³/mol. The first-order valence-electron chi connectivity index (χ1n) is 6.08. The summed E-state index contributed by atoms with van der Waals surface area (Å²) >= 11 is 0. The molecule has 0 radical (unpaired) electrons. The number of nitrogens with one attached hydrogen (secondary N) is 1. The largest absolute Gasteiger partial charge is 0.317 e. The zero-order chi connectivity index (χ0) is 9.15. The molecule has 2 saturated carbocycles. The van der Waals surface area contributed by atoms with Gasteiger partial charge in [-0.2, -0.15) is 0 Å². The molecule has 2 rings (SSSR count). The highest BCUT2D eigenvalue weighted by Gasteiger charge is 2.52. The van der Waals surface area contributed by atoms with E-state index in [0.717, 1.165) is 17.9 Å². The Bertz CT molecular complexity index is 157. The van der Waals surface area contributed by atoms with Gasteiger partial charge in [0.1, 0.15) is 0 Å². The second-order valence-corrected chi connectivity index (χ2v) is 4.99. The van der Waals surface area contributed by atoms with Crippen molar-refractivity contribution in [3.63, 3.8) is 0 Å². The molecular formula is C12H23N. The van der Waals surface area contributed by atoms with Gasteiger partial charge in [0.2, 0.25) is 0 Å². The summed E-state index contributed by atoms with van der Waals surface area (Å²) in [5, 5.41) is 3.50. The van der Waals surface area contributed by atoms with Crippen LogP contribution in [0.1, 0.15) is 51.9 Å². The van der Waals surface area contributed by atoms with E-state index in [-0.39, 0.29) is 0 Å². The van der Waals surface area contributed by atoms with Crippen molar-refractivity contribution in [2.24, 2.45) is 11.3 Å². The Morgan fingerprint density at radius 1 is 1.15 bits per heavy atom. The normalized spacial score (nSPS) is 31.6. The minimum Gasteiger partial charge on any atom is -0.317 e. The van der Waals surface area contributed by atoms with Crippen molar-refractivity contribution in [1.82, 2.24) is 5.32 Å². The van der Waals surface area contributed by atoms with E-state index in [1.165, 1.54) is 51.5 Å². The predicted octanol–water partition coefficient (Wildman–Crippen LogP) is 2.96. The highest BCUT2D eigenvalue weighted by atomic mass is 14.9. The van der Waals surface area contributed by atoms with Gasteiger partial charge in [0.05, 0.1) is 0 Å². The lowest BCUT2D eigenvalue weighted by atomic mass is 9.94. The summed E-state index contributed by atoms with van der Waals surface area (Å²) in [6.45, 7) is 4.64. The molecule has 0 bridgehead atoms. The summed E-state index contributed by atoms with van der Waals surface area (Å²) in [6.07, 6.45) is 10.6. The first-order valence-corrected chi connectivity index (χ1v) is 6.08. The summed E-state index contributed by atoms with van der Waals surface area (Å²) < 4.78 is 0. The van der Waals surface area contributed by atoms with Gasteiger partial charge >= 0.3 is 0 Å². The van der Waals surface area contributed by atoms with Gasteiger partial charge in [-0.15, -0.1) is 0 Å². The molecule has 13 heavy (non-hydrogen) atoms. The Hall–Kier alpha value is -0.0400. The van der Waals surface area contributed by atoms with E-state index in [9.17, 15) is 0 Å². The monoisotopic (exact) mass is 181 g/mol. The molecule has 1 spiro atoms. The van der Waals surface area contributed by atoms with Crippen LogP contribution in [0.15, 0.2) is 0 Å². The minimum absolute atomic E-state index is 0.818. The number of rotatable bonds is 3. The fourth-order valence-electron chi connectivity index (χ4n) is 3.08. The third-order valence-electron chi connectivity index (χ3n) is 4.10. The zero-order valence-corrected chi connectivity index (χ0v) is 8.94. The van der Waals surface area contributed by atoms with Crippen LogP contribution in [-0.4, -0.2) is 13.1 Å². The van der Waals surface area contributed by atoms with Gasteiger partial charge < -0.3 is 5.32 Å². The lowest BCUT2D eigenvalue weighted by Gasteiger charge is -2.13. The molecule has 0 aromatic carbocycles. The Morgan fingerprint density at radius 2 is 1.85 bits per heavy atom. The lowest BCUT2D eigenvalue weighted by Crippen LogP contribution is -2.19. The molecule has 0 saturated heterocycles. The second-order valence-electron chi connectivity index (χ2n) is 4.99. The SMILES string of the molecule is CCNCC1CC12CCCCCC2. The Balaban J connectivity index is 1.78. The van der Waals surface area contributed by atoms with Crippen molar-refractivity contribution in [1.29, 1.82) is 0 Å². The van der Waals surface area contributed by atoms with E-state index in [4.69, 9.17) is 0 Å². The van der Waals surface area contributed by atoms with Crippen molar-refractivity contribution in [2.75, 3.05) is 13.1 Å². The highest BCUT2D eigenvalue weighted by Crippen LogP contribution is 2.60. The molecule has 2 fully saturated rings. The first-order chi connectivity index (χ1) is 6.37. The Labute approximate surface area is 82.3 Å². The van der Waals surface area contributed by atoms with Gasteiger partial charge in [0, 0.05) is 0 Å². The third-order valence-corrected chi connectivity index (χ3v) is 4.10. The van der Waals surface area contributed by atoms with Gasteiger partial charge in [-0.05, 0) is 43.7 Å². The molecule has 0 amide bonds. The van der Waals surface area contributed by atoms with Crippen LogP contribution < -0.4 is 5.32 Å². The van der Waals surface area contributed by atoms with Crippen LogP contribution in [-0.2, 0) is 0 Å². The molecule has 0 aromatic heterocycles. The van der Waals surface area contributed by atoms with Crippen LogP contribution in [0.25, 0.3) is 0 Å². The number of hydrogen-bond donors (Lipinski definition) is 1. The van der Waals surface area contributed by atoms with Crippen molar-refractivity contribution < 1.29 is 0 Å². The van der Waals surface area contributed by atoms with Crippen molar-refractivity contribution in [3.8, 4) is 0 Å². The van der Waals surface area contributed by atoms with Gasteiger partial charge in [-0.3, -0.25) is 0 Å². The van der Waals surface area contributed by atoms with E-state index < -0.39 is 0 Å². The standard InChI is InChI=1S/C12H23N/c1-2-13-10-11-9-12(11)7-5-3-4-6-8-12/h11,13H,2-10H2,1H3. The molecule has 0 aromatic rings. The number of hydrogen-bond acceptors (Lipinski definition) is 1. The summed E-state index contributed by atoms with van der Waals surface area (Å²) in [6, 6.07) is 0. The molecule has 2 aliphatic rings. The average Bonchev–Trinajstić information content (AvgIpc) is 2.88. The van der Waals surface area contributed by atoms with Gasteiger partial charge in [0.15, 0.2) is 0 Å². The maximum Gasteiger partial charge on any atom is -0.00151 e. The fraction of sp³-hybridized carbons (Fsp3) is 1.00. The topological polar surface area (TPSA) is 12.0 Å². The average molecular weight is 181 g/mol. The maximum atomic E-state index is 3.50. The van der Waals surface area contributed by atoms with Crippen molar-refractivity contribution in [2.45, 2.75) is 51.9 Å². The van der Waals surface area contributed by atoms with Crippen LogP contribution in [0.5, 0.6) is 0 Å². The van der Waals surface area contributed by atoms with Gasteiger partial charge in [-0.25, -0.2) is 0 Å². The van der Waals surface area contributed by atoms with E-state index in [1.807, 2.05) is 0 Å². The molecule has 1 atom stereocenters. The molecule has 0 heterocycles. The maximum absolute atomic E-state index is 3.50. The van der Waals surface area contributed by atoms with E-state index in [2.05, 4.69) is 12.2 Å². The van der Waals surface area contributed by atoms with Crippen LogP contribution in [0.2, 0.25) is 0 Å². The minimum atomic E-state index is 0.818. The molecule has 1 N–H and O–H groups in total. The summed E-state index contributed by atoms with van der Waals surface area (Å²) in [4.78, 5) is 0. The van der Waals surface area contributed by atoms with Crippen LogP contribution in [0.3, 0.4) is 0 Å². The van der Waals surface area contributed by atoms with Crippen LogP contribution in [0.4, 0.5) is 0 Å². The summed E-state index contributed by atoms with van der Waals surface area (Å²) in [5.74, 6) is 1.03. The van der Waals surface area contributed by atoms with Crippen LogP contribution in [0, 0.1) is 11.3 Å². The summed E-state index contributed by atoms with van der Waals surface area (Å²) in [5.41, 5.74) is 0.818. The highest BCUT2D eigenvalue weighted by molar-refractivity contribution is 5.03. The van der Waals surface area contributed by atoms with E-state index in [0.29, 0.717) is 0 Å². The Morgan fingerprint density at radius 3 is 2.46 bits per heavy atom. The fourth-order valence-corrected chi connectivity index (χ4v) is 3.08. The van der Waals surface area contributed by atoms with Gasteiger partial charge in [0.25, 0.3) is 0 Å². The quantitative estimate of drug-likeness (QED) is 0.706. The van der Waals surface area contributed by atoms with E-state index in [1.54, 1.807) is 0 Å². The summed E-state index contributed by atoms with van der Waals surface area (Å²) in [7, 11) is 0. The van der Waals surface area contributed by atoms with Crippen molar-refractivity contribution >= 4 is 0 Å². The molecule has 0 aliphatic heterocycles. The van der Waals surface area contributed by atoms with E-state index >= 15 is 0 Å². The third kappa shape index (κ3) is 2.07. The Kier molecular flexibility index (Phi) is 2.92.